The first-order chi connectivity index (χ1) is 17.6. The predicted molar refractivity (Wildman–Crippen MR) is 139 cm³/mol. The molecule has 0 unspecified atom stereocenters. The normalized spacial score (nSPS) is 21.1. The number of ether oxygens (including phenoxy) is 2. The van der Waals surface area contributed by atoms with E-state index < -0.39 is 0 Å². The Kier molecular flexibility index (Phi) is 6.60. The van der Waals surface area contributed by atoms with Gasteiger partial charge in [-0.15, -0.1) is 0 Å². The van der Waals surface area contributed by atoms with Gasteiger partial charge in [0.05, 0.1) is 30.4 Å². The average Bonchev–Trinajstić information content (AvgIpc) is 3.32. The van der Waals surface area contributed by atoms with Crippen LogP contribution in [0.1, 0.15) is 35.6 Å². The maximum absolute atomic E-state index is 13.4. The van der Waals surface area contributed by atoms with Gasteiger partial charge in [-0.05, 0) is 53.6 Å². The molecular weight excluding hydrogens is 478 g/mol. The lowest BCUT2D eigenvalue weighted by Crippen LogP contribution is -2.49. The third kappa shape index (κ3) is 4.47. The van der Waals surface area contributed by atoms with E-state index in [1.807, 2.05) is 16.0 Å². The smallest absolute Gasteiger partial charge is 0.320 e. The number of methoxy groups -OCH3 is 1. The Labute approximate surface area is 215 Å². The number of morpholine rings is 1. The van der Waals surface area contributed by atoms with Gasteiger partial charge in [0.2, 0.25) is 0 Å². The second-order valence-corrected chi connectivity index (χ2v) is 10.3. The van der Waals surface area contributed by atoms with E-state index in [-0.39, 0.29) is 18.2 Å². The lowest BCUT2D eigenvalue weighted by molar-refractivity contribution is 0.0437. The van der Waals surface area contributed by atoms with Gasteiger partial charge in [0.25, 0.3) is 0 Å². The highest BCUT2D eigenvalue weighted by Crippen LogP contribution is 2.35. The molecular formula is C27H32ClN5O3. The number of rotatable bonds is 3. The van der Waals surface area contributed by atoms with E-state index in [0.29, 0.717) is 31.3 Å². The summed E-state index contributed by atoms with van der Waals surface area (Å²) in [6.07, 6.45) is 6.54. The van der Waals surface area contributed by atoms with Crippen molar-refractivity contribution < 1.29 is 14.3 Å². The van der Waals surface area contributed by atoms with Gasteiger partial charge in [-0.1, -0.05) is 17.7 Å². The molecule has 1 aromatic carbocycles. The number of amides is 2. The number of urea groups is 1. The number of pyridine rings is 1. The number of aromatic amines is 1. The molecule has 8 nitrogen and oxygen atoms in total. The van der Waals surface area contributed by atoms with Crippen molar-refractivity contribution in [3.63, 3.8) is 0 Å². The first kappa shape index (κ1) is 23.7. The number of fused-ring (bicyclic) bond motifs is 2. The van der Waals surface area contributed by atoms with Gasteiger partial charge in [-0.25, -0.2) is 9.78 Å². The first-order valence-corrected chi connectivity index (χ1v) is 13.1. The van der Waals surface area contributed by atoms with Crippen LogP contribution in [0.3, 0.4) is 0 Å². The van der Waals surface area contributed by atoms with E-state index in [4.69, 9.17) is 21.1 Å². The number of hydrogen-bond acceptors (Lipinski definition) is 5. The highest BCUT2D eigenvalue weighted by Gasteiger charge is 2.31. The summed E-state index contributed by atoms with van der Waals surface area (Å²) in [6, 6.07) is 6.83. The summed E-state index contributed by atoms with van der Waals surface area (Å²) in [7, 11) is 1.75. The van der Waals surface area contributed by atoms with Crippen LogP contribution in [0.4, 0.5) is 4.79 Å². The van der Waals surface area contributed by atoms with Crippen LogP contribution in [0.2, 0.25) is 5.02 Å². The molecule has 2 aromatic heterocycles. The van der Waals surface area contributed by atoms with Crippen molar-refractivity contribution in [1.29, 1.82) is 0 Å². The molecule has 190 valence electrons. The summed E-state index contributed by atoms with van der Waals surface area (Å²) < 4.78 is 11.3. The summed E-state index contributed by atoms with van der Waals surface area (Å²) >= 11 is 6.38. The quantitative estimate of drug-likeness (QED) is 0.554. The number of nitrogens with one attached hydrogen (secondary N) is 2. The van der Waals surface area contributed by atoms with E-state index in [1.165, 1.54) is 16.7 Å². The van der Waals surface area contributed by atoms with Gasteiger partial charge in [0.15, 0.2) is 0 Å². The Morgan fingerprint density at radius 1 is 1.17 bits per heavy atom. The SMILES string of the molecule is COC1CCN(C(=O)N2CCc3cc(-c4cnc5[nH]cc(Cl)c5c4)cc([C@@H]4COCCN4)c3C2)CC1. The maximum Gasteiger partial charge on any atom is 0.320 e. The van der Waals surface area contributed by atoms with Crippen LogP contribution >= 0.6 is 11.6 Å². The minimum absolute atomic E-state index is 0.0903. The molecule has 1 atom stereocenters. The summed E-state index contributed by atoms with van der Waals surface area (Å²) in [5.74, 6) is 0. The number of carbonyl (C=O) groups excluding carboxylic acids is 1. The molecule has 3 aliphatic heterocycles. The van der Waals surface area contributed by atoms with E-state index in [9.17, 15) is 4.79 Å². The molecule has 6 rings (SSSR count). The van der Waals surface area contributed by atoms with Crippen LogP contribution < -0.4 is 5.32 Å². The second-order valence-electron chi connectivity index (χ2n) is 9.92. The van der Waals surface area contributed by atoms with Crippen molar-refractivity contribution in [1.82, 2.24) is 25.1 Å². The Morgan fingerprint density at radius 3 is 2.81 bits per heavy atom. The van der Waals surface area contributed by atoms with E-state index >= 15 is 0 Å². The Bertz CT molecular complexity index is 1260. The molecule has 0 aliphatic carbocycles. The summed E-state index contributed by atoms with van der Waals surface area (Å²) in [4.78, 5) is 25.1. The Balaban J connectivity index is 1.32. The van der Waals surface area contributed by atoms with E-state index in [0.717, 1.165) is 61.1 Å². The predicted octanol–water partition coefficient (Wildman–Crippen LogP) is 4.13. The zero-order valence-electron chi connectivity index (χ0n) is 20.6. The largest absolute Gasteiger partial charge is 0.381 e. The van der Waals surface area contributed by atoms with Crippen molar-refractivity contribution >= 4 is 28.7 Å². The third-order valence-electron chi connectivity index (χ3n) is 7.80. The van der Waals surface area contributed by atoms with Crippen LogP contribution in [-0.2, 0) is 22.4 Å². The van der Waals surface area contributed by atoms with Crippen LogP contribution in [0.25, 0.3) is 22.2 Å². The molecule has 2 N–H and O–H groups in total. The molecule has 36 heavy (non-hydrogen) atoms. The zero-order chi connectivity index (χ0) is 24.6. The molecule has 2 amide bonds. The Hall–Kier alpha value is -2.65. The van der Waals surface area contributed by atoms with Gasteiger partial charge >= 0.3 is 6.03 Å². The van der Waals surface area contributed by atoms with Crippen LogP contribution in [0, 0.1) is 0 Å². The summed E-state index contributed by atoms with van der Waals surface area (Å²) in [5.41, 5.74) is 6.67. The number of nitrogens with zero attached hydrogens (tertiary/aromatic N) is 3. The fraction of sp³-hybridized carbons (Fsp3) is 0.481. The van der Waals surface area contributed by atoms with Crippen LogP contribution in [-0.4, -0.2) is 78.4 Å². The van der Waals surface area contributed by atoms with Crippen molar-refractivity contribution in [2.24, 2.45) is 0 Å². The molecule has 0 bridgehead atoms. The highest BCUT2D eigenvalue weighted by molar-refractivity contribution is 6.35. The van der Waals surface area contributed by atoms with Crippen LogP contribution in [0.15, 0.2) is 30.6 Å². The number of halogens is 1. The van der Waals surface area contributed by atoms with E-state index in [2.05, 4.69) is 33.5 Å². The van der Waals surface area contributed by atoms with Gasteiger partial charge in [0.1, 0.15) is 5.65 Å². The minimum Gasteiger partial charge on any atom is -0.381 e. The standard InChI is InChI=1S/C27H32ClN5O3/c1-35-20-3-7-32(8-4-20)27(34)33-6-2-17-10-18(19-12-22-24(28)14-31-26(22)30-13-19)11-21(23(17)15-33)25-16-36-9-5-29-25/h10-14,20,25,29H,2-9,15-16H2,1H3,(H,30,31)/t25-/m0/s1. The lowest BCUT2D eigenvalue weighted by Gasteiger charge is -2.38. The maximum atomic E-state index is 13.4. The van der Waals surface area contributed by atoms with Crippen LogP contribution in [0.5, 0.6) is 0 Å². The highest BCUT2D eigenvalue weighted by atomic mass is 35.5. The molecule has 9 heteroatoms. The Morgan fingerprint density at radius 2 is 2.03 bits per heavy atom. The van der Waals surface area contributed by atoms with Gasteiger partial charge in [-0.3, -0.25) is 0 Å². The fourth-order valence-corrected chi connectivity index (χ4v) is 5.91. The van der Waals surface area contributed by atoms with Gasteiger partial charge in [-0.2, -0.15) is 0 Å². The van der Waals surface area contributed by atoms with Crippen molar-refractivity contribution in [2.75, 3.05) is 46.5 Å². The minimum atomic E-state index is 0.0903. The number of H-pyrrole nitrogens is 1. The molecule has 2 saturated heterocycles. The number of aromatic nitrogens is 2. The van der Waals surface area contributed by atoms with E-state index in [1.54, 1.807) is 13.3 Å². The number of piperidine rings is 1. The van der Waals surface area contributed by atoms with Crippen molar-refractivity contribution in [3.8, 4) is 11.1 Å². The zero-order valence-corrected chi connectivity index (χ0v) is 21.3. The van der Waals surface area contributed by atoms with Crippen molar-refractivity contribution in [2.45, 2.75) is 38.0 Å². The molecule has 3 aliphatic rings. The fourth-order valence-electron chi connectivity index (χ4n) is 5.72. The average molecular weight is 510 g/mol. The lowest BCUT2D eigenvalue weighted by atomic mass is 9.87. The van der Waals surface area contributed by atoms with Gasteiger partial charge < -0.3 is 29.6 Å². The number of carbonyl (C=O) groups is 1. The number of likely N-dealkylation sites (tertiary alicyclic amines) is 1. The number of benzene rings is 1. The number of hydrogen-bond donors (Lipinski definition) is 2. The van der Waals surface area contributed by atoms with Crippen molar-refractivity contribution in [3.05, 3.63) is 52.3 Å². The molecule has 5 heterocycles. The van der Waals surface area contributed by atoms with Gasteiger partial charge in [0, 0.05) is 63.2 Å². The summed E-state index contributed by atoms with van der Waals surface area (Å²) in [6.45, 7) is 4.99. The first-order valence-electron chi connectivity index (χ1n) is 12.8. The summed E-state index contributed by atoms with van der Waals surface area (Å²) in [5, 5.41) is 5.21. The molecule has 2 fully saturated rings. The molecule has 0 radical (unpaired) electrons. The monoisotopic (exact) mass is 509 g/mol. The topological polar surface area (TPSA) is 82.7 Å². The molecule has 0 spiro atoms. The second kappa shape index (κ2) is 10.0. The molecule has 3 aromatic rings. The third-order valence-corrected chi connectivity index (χ3v) is 8.12. The molecule has 0 saturated carbocycles.